The van der Waals surface area contributed by atoms with Crippen molar-refractivity contribution in [2.45, 2.75) is 18.2 Å². The molecule has 2 heterocycles. The molecule has 1 aliphatic heterocycles. The van der Waals surface area contributed by atoms with E-state index in [-0.39, 0.29) is 4.90 Å². The molecule has 0 unspecified atom stereocenters. The van der Waals surface area contributed by atoms with Crippen LogP contribution < -0.4 is 10.0 Å². The van der Waals surface area contributed by atoms with Crippen molar-refractivity contribution in [1.82, 2.24) is 4.98 Å². The number of hydrogen-bond donors (Lipinski definition) is 2. The molecule has 7 heteroatoms. The summed E-state index contributed by atoms with van der Waals surface area (Å²) < 4.78 is 28.2. The van der Waals surface area contributed by atoms with E-state index < -0.39 is 10.0 Å². The number of aryl methyl sites for hydroxylation is 1. The molecule has 0 spiro atoms. The molecule has 110 valence electrons. The van der Waals surface area contributed by atoms with E-state index in [0.717, 1.165) is 34.3 Å². The number of aromatic nitrogens is 1. The molecule has 1 aromatic carbocycles. The summed E-state index contributed by atoms with van der Waals surface area (Å²) in [6, 6.07) is 6.83. The van der Waals surface area contributed by atoms with Crippen molar-refractivity contribution in [1.29, 1.82) is 0 Å². The standard InChI is InChI=1S/C14H14BrN3O2S/c1-9-6-14(17-8-12(9)15)18-21(19,20)11-3-2-10-4-5-16-13(10)7-11/h2-3,6-8,16H,4-5H2,1H3,(H,17,18). The third-order valence-electron chi connectivity index (χ3n) is 3.39. The maximum Gasteiger partial charge on any atom is 0.263 e. The number of hydrogen-bond acceptors (Lipinski definition) is 4. The highest BCUT2D eigenvalue weighted by Crippen LogP contribution is 2.26. The van der Waals surface area contributed by atoms with Crippen LogP contribution in [-0.4, -0.2) is 19.9 Å². The Labute approximate surface area is 132 Å². The molecule has 1 aliphatic rings. The Bertz CT molecular complexity index is 806. The average molecular weight is 368 g/mol. The van der Waals surface area contributed by atoms with Crippen LogP contribution in [0.4, 0.5) is 11.5 Å². The van der Waals surface area contributed by atoms with Crippen molar-refractivity contribution < 1.29 is 8.42 Å². The van der Waals surface area contributed by atoms with Crippen molar-refractivity contribution >= 4 is 37.5 Å². The summed E-state index contributed by atoms with van der Waals surface area (Å²) in [5.74, 6) is 0.309. The zero-order valence-corrected chi connectivity index (χ0v) is 13.8. The molecule has 5 nitrogen and oxygen atoms in total. The van der Waals surface area contributed by atoms with Gasteiger partial charge in [0.1, 0.15) is 5.82 Å². The zero-order valence-electron chi connectivity index (χ0n) is 11.4. The van der Waals surface area contributed by atoms with E-state index in [9.17, 15) is 8.42 Å². The number of fused-ring (bicyclic) bond motifs is 1. The number of anilines is 2. The number of nitrogens with zero attached hydrogens (tertiary/aromatic N) is 1. The monoisotopic (exact) mass is 367 g/mol. The van der Waals surface area contributed by atoms with Crippen LogP contribution in [-0.2, 0) is 16.4 Å². The summed E-state index contributed by atoms with van der Waals surface area (Å²) in [6.07, 6.45) is 2.51. The highest BCUT2D eigenvalue weighted by atomic mass is 79.9. The SMILES string of the molecule is Cc1cc(NS(=O)(=O)c2ccc3c(c2)NCC3)ncc1Br. The van der Waals surface area contributed by atoms with E-state index in [1.54, 1.807) is 24.4 Å². The number of sulfonamides is 1. The molecule has 0 saturated heterocycles. The van der Waals surface area contributed by atoms with Crippen molar-refractivity contribution in [3.05, 3.63) is 46.1 Å². The fraction of sp³-hybridized carbons (Fsp3) is 0.214. The third-order valence-corrected chi connectivity index (χ3v) is 5.57. The van der Waals surface area contributed by atoms with Crippen molar-refractivity contribution in [2.75, 3.05) is 16.6 Å². The highest BCUT2D eigenvalue weighted by molar-refractivity contribution is 9.10. The third kappa shape index (κ3) is 2.89. The van der Waals surface area contributed by atoms with Crippen LogP contribution in [0.5, 0.6) is 0 Å². The minimum Gasteiger partial charge on any atom is -0.384 e. The molecule has 0 bridgehead atoms. The molecule has 2 aromatic rings. The fourth-order valence-electron chi connectivity index (χ4n) is 2.23. The Morgan fingerprint density at radius 3 is 2.90 bits per heavy atom. The topological polar surface area (TPSA) is 71.1 Å². The summed E-state index contributed by atoms with van der Waals surface area (Å²) in [5.41, 5.74) is 2.95. The van der Waals surface area contributed by atoms with Gasteiger partial charge < -0.3 is 5.32 Å². The molecule has 0 atom stereocenters. The molecular weight excluding hydrogens is 354 g/mol. The van der Waals surface area contributed by atoms with Gasteiger partial charge in [-0.1, -0.05) is 6.07 Å². The minimum atomic E-state index is -3.63. The van der Waals surface area contributed by atoms with Gasteiger partial charge in [0.05, 0.1) is 4.90 Å². The normalized spacial score (nSPS) is 13.6. The van der Waals surface area contributed by atoms with Crippen molar-refractivity contribution in [2.24, 2.45) is 0 Å². The van der Waals surface area contributed by atoms with Crippen LogP contribution >= 0.6 is 15.9 Å². The van der Waals surface area contributed by atoms with Gasteiger partial charge in [-0.15, -0.1) is 0 Å². The van der Waals surface area contributed by atoms with Gasteiger partial charge in [0.2, 0.25) is 0 Å². The van der Waals surface area contributed by atoms with Crippen LogP contribution in [0.2, 0.25) is 0 Å². The smallest absolute Gasteiger partial charge is 0.263 e. The molecule has 0 fully saturated rings. The van der Waals surface area contributed by atoms with E-state index in [0.29, 0.717) is 5.82 Å². The van der Waals surface area contributed by atoms with Crippen LogP contribution in [0.15, 0.2) is 39.8 Å². The molecule has 0 aliphatic carbocycles. The summed E-state index contributed by atoms with van der Waals surface area (Å²) in [7, 11) is -3.63. The molecule has 0 saturated carbocycles. The predicted octanol–water partition coefficient (Wildman–Crippen LogP) is 2.92. The Balaban J connectivity index is 1.91. The van der Waals surface area contributed by atoms with Gasteiger partial charge in [0.15, 0.2) is 0 Å². The first-order chi connectivity index (χ1) is 9.95. The molecule has 2 N–H and O–H groups in total. The van der Waals surface area contributed by atoms with Crippen molar-refractivity contribution in [3.8, 4) is 0 Å². The molecule has 21 heavy (non-hydrogen) atoms. The van der Waals surface area contributed by atoms with Crippen LogP contribution in [0.3, 0.4) is 0 Å². The Kier molecular flexibility index (Phi) is 3.62. The summed E-state index contributed by atoms with van der Waals surface area (Å²) in [6.45, 7) is 2.72. The zero-order chi connectivity index (χ0) is 15.0. The Morgan fingerprint density at radius 1 is 1.33 bits per heavy atom. The minimum absolute atomic E-state index is 0.234. The lowest BCUT2D eigenvalue weighted by molar-refractivity contribution is 0.601. The lowest BCUT2D eigenvalue weighted by atomic mass is 10.2. The first-order valence-electron chi connectivity index (χ1n) is 6.47. The Hall–Kier alpha value is -1.60. The second-order valence-electron chi connectivity index (χ2n) is 4.92. The number of pyridine rings is 1. The van der Waals surface area contributed by atoms with Gasteiger partial charge in [-0.3, -0.25) is 4.72 Å². The molecule has 1 aromatic heterocycles. The fourth-order valence-corrected chi connectivity index (χ4v) is 3.47. The average Bonchev–Trinajstić information content (AvgIpc) is 2.90. The van der Waals surface area contributed by atoms with Gasteiger partial charge in [-0.25, -0.2) is 13.4 Å². The maximum absolute atomic E-state index is 12.4. The van der Waals surface area contributed by atoms with Gasteiger partial charge in [-0.2, -0.15) is 0 Å². The number of nitrogens with one attached hydrogen (secondary N) is 2. The summed E-state index contributed by atoms with van der Waals surface area (Å²) in [4.78, 5) is 4.30. The van der Waals surface area contributed by atoms with E-state index >= 15 is 0 Å². The van der Waals surface area contributed by atoms with E-state index in [1.165, 1.54) is 0 Å². The number of halogens is 1. The number of rotatable bonds is 3. The van der Waals surface area contributed by atoms with Crippen molar-refractivity contribution in [3.63, 3.8) is 0 Å². The molecule has 3 rings (SSSR count). The van der Waals surface area contributed by atoms with E-state index in [2.05, 4.69) is 31.0 Å². The van der Waals surface area contributed by atoms with E-state index in [1.807, 2.05) is 13.0 Å². The van der Waals surface area contributed by atoms with Crippen LogP contribution in [0.1, 0.15) is 11.1 Å². The lowest BCUT2D eigenvalue weighted by Crippen LogP contribution is -2.14. The molecule has 0 radical (unpaired) electrons. The molecule has 0 amide bonds. The largest absolute Gasteiger partial charge is 0.384 e. The molecular formula is C14H14BrN3O2S. The van der Waals surface area contributed by atoms with Gasteiger partial charge in [0, 0.05) is 22.9 Å². The quantitative estimate of drug-likeness (QED) is 0.874. The predicted molar refractivity (Wildman–Crippen MR) is 86.1 cm³/mol. The van der Waals surface area contributed by atoms with Crippen LogP contribution in [0.25, 0.3) is 0 Å². The number of benzene rings is 1. The van der Waals surface area contributed by atoms with Gasteiger partial charge >= 0.3 is 0 Å². The van der Waals surface area contributed by atoms with Gasteiger partial charge in [-0.05, 0) is 58.6 Å². The first kappa shape index (κ1) is 14.3. The summed E-state index contributed by atoms with van der Waals surface area (Å²) in [5, 5.41) is 3.18. The second-order valence-corrected chi connectivity index (χ2v) is 7.46. The van der Waals surface area contributed by atoms with E-state index in [4.69, 9.17) is 0 Å². The van der Waals surface area contributed by atoms with Gasteiger partial charge in [0.25, 0.3) is 10.0 Å². The first-order valence-corrected chi connectivity index (χ1v) is 8.75. The highest BCUT2D eigenvalue weighted by Gasteiger charge is 2.19. The second kappa shape index (κ2) is 5.31. The lowest BCUT2D eigenvalue weighted by Gasteiger charge is -2.10. The maximum atomic E-state index is 12.4. The summed E-state index contributed by atoms with van der Waals surface area (Å²) >= 11 is 3.34. The van der Waals surface area contributed by atoms with Crippen LogP contribution in [0, 0.1) is 6.92 Å². The Morgan fingerprint density at radius 2 is 2.14 bits per heavy atom.